The second-order valence-corrected chi connectivity index (χ2v) is 7.09. The van der Waals surface area contributed by atoms with Crippen LogP contribution in [0.5, 0.6) is 0 Å². The second-order valence-electron chi connectivity index (χ2n) is 7.09. The van der Waals surface area contributed by atoms with E-state index in [-0.39, 0.29) is 17.8 Å². The number of benzene rings is 1. The Morgan fingerprint density at radius 1 is 1.25 bits per heavy atom. The Morgan fingerprint density at radius 2 is 1.96 bits per heavy atom. The van der Waals surface area contributed by atoms with Gasteiger partial charge in [0.2, 0.25) is 5.91 Å². The third-order valence-electron chi connectivity index (χ3n) is 4.74. The number of nitrogens with zero attached hydrogens (tertiary/aromatic N) is 2. The topological polar surface area (TPSA) is 105 Å². The molecule has 1 aromatic carbocycles. The summed E-state index contributed by atoms with van der Waals surface area (Å²) in [7, 11) is 0. The smallest absolute Gasteiger partial charge is 0.313 e. The lowest BCUT2D eigenvalue weighted by Gasteiger charge is -2.41. The zero-order valence-electron chi connectivity index (χ0n) is 15.4. The van der Waals surface area contributed by atoms with E-state index in [4.69, 9.17) is 5.73 Å². The monoisotopic (exact) mass is 384 g/mol. The molecule has 2 aromatic rings. The number of anilines is 1. The third kappa shape index (κ3) is 4.33. The first-order valence-electron chi connectivity index (χ1n) is 8.87. The van der Waals surface area contributed by atoms with E-state index in [2.05, 4.69) is 10.3 Å². The molecule has 2 heterocycles. The van der Waals surface area contributed by atoms with Crippen LogP contribution in [-0.4, -0.2) is 39.8 Å². The molecular weight excluding hydrogens is 363 g/mol. The molecule has 1 saturated heterocycles. The summed E-state index contributed by atoms with van der Waals surface area (Å²) < 4.78 is 14.6. The predicted molar refractivity (Wildman–Crippen MR) is 101 cm³/mol. The molecule has 28 heavy (non-hydrogen) atoms. The number of nitrogens with one attached hydrogen (secondary N) is 1. The van der Waals surface area contributed by atoms with Crippen LogP contribution >= 0.6 is 0 Å². The lowest BCUT2D eigenvalue weighted by atomic mass is 9.88. The standard InChI is InChI=1S/C20H21FN4O3/c1-20(21)8-7-16(13-5-3-2-4-6-13)25(12-20)19(28)18(27)24-15-9-14(17(22)26)10-23-11-15/h2-6,9-11,16H,7-8,12H2,1H3,(H2,22,26)(H,24,27)/t16-,20-/m1/s1. The first kappa shape index (κ1) is 19.5. The molecule has 8 heteroatoms. The SMILES string of the molecule is C[C@@]1(F)CC[C@H](c2ccccc2)N(C(=O)C(=O)Nc2cncc(C(N)=O)c2)C1. The van der Waals surface area contributed by atoms with Crippen LogP contribution in [0, 0.1) is 0 Å². The minimum absolute atomic E-state index is 0.0988. The zero-order valence-corrected chi connectivity index (χ0v) is 15.4. The van der Waals surface area contributed by atoms with Crippen LogP contribution < -0.4 is 11.1 Å². The molecule has 0 bridgehead atoms. The lowest BCUT2D eigenvalue weighted by molar-refractivity contribution is -0.148. The maximum absolute atomic E-state index is 14.6. The summed E-state index contributed by atoms with van der Waals surface area (Å²) in [6.07, 6.45) is 3.25. The Labute approximate surface area is 161 Å². The van der Waals surface area contributed by atoms with Gasteiger partial charge >= 0.3 is 11.8 Å². The normalized spacial score (nSPS) is 21.8. The highest BCUT2D eigenvalue weighted by atomic mass is 19.1. The highest BCUT2D eigenvalue weighted by Crippen LogP contribution is 2.37. The van der Waals surface area contributed by atoms with Crippen LogP contribution in [0.4, 0.5) is 10.1 Å². The number of primary amides is 1. The molecule has 0 radical (unpaired) electrons. The van der Waals surface area contributed by atoms with E-state index in [0.29, 0.717) is 12.8 Å². The van der Waals surface area contributed by atoms with Crippen LogP contribution in [0.15, 0.2) is 48.8 Å². The Hall–Kier alpha value is -3.29. The number of piperidine rings is 1. The molecule has 0 aliphatic carbocycles. The molecule has 1 aliphatic heterocycles. The molecule has 1 fully saturated rings. The van der Waals surface area contributed by atoms with Gasteiger partial charge in [-0.05, 0) is 31.4 Å². The van der Waals surface area contributed by atoms with E-state index < -0.39 is 29.4 Å². The molecule has 0 spiro atoms. The molecule has 1 aliphatic rings. The van der Waals surface area contributed by atoms with E-state index in [0.717, 1.165) is 5.56 Å². The number of nitrogens with two attached hydrogens (primary N) is 1. The summed E-state index contributed by atoms with van der Waals surface area (Å²) in [6, 6.07) is 10.2. The quantitative estimate of drug-likeness (QED) is 0.792. The highest BCUT2D eigenvalue weighted by molar-refractivity contribution is 6.39. The number of halogens is 1. The molecule has 3 rings (SSSR count). The van der Waals surface area contributed by atoms with Gasteiger partial charge in [0, 0.05) is 6.20 Å². The minimum Gasteiger partial charge on any atom is -0.366 e. The zero-order chi connectivity index (χ0) is 20.3. The van der Waals surface area contributed by atoms with Gasteiger partial charge in [0.25, 0.3) is 0 Å². The summed E-state index contributed by atoms with van der Waals surface area (Å²) in [5.74, 6) is -2.48. The number of carbonyl (C=O) groups excluding carboxylic acids is 3. The van der Waals surface area contributed by atoms with Gasteiger partial charge in [-0.2, -0.15) is 0 Å². The van der Waals surface area contributed by atoms with E-state index in [1.807, 2.05) is 30.3 Å². The van der Waals surface area contributed by atoms with E-state index in [9.17, 15) is 18.8 Å². The molecule has 7 nitrogen and oxygen atoms in total. The number of carbonyl (C=O) groups is 3. The van der Waals surface area contributed by atoms with Crippen molar-refractivity contribution in [2.24, 2.45) is 5.73 Å². The molecule has 3 N–H and O–H groups in total. The van der Waals surface area contributed by atoms with Gasteiger partial charge < -0.3 is 16.0 Å². The number of hydrogen-bond acceptors (Lipinski definition) is 4. The Balaban J connectivity index is 1.81. The summed E-state index contributed by atoms with van der Waals surface area (Å²) in [5.41, 5.74) is 4.72. The van der Waals surface area contributed by atoms with Gasteiger partial charge in [-0.15, -0.1) is 0 Å². The maximum Gasteiger partial charge on any atom is 0.313 e. The van der Waals surface area contributed by atoms with Gasteiger partial charge in [-0.3, -0.25) is 19.4 Å². The molecule has 0 unspecified atom stereocenters. The van der Waals surface area contributed by atoms with Gasteiger partial charge in [-0.25, -0.2) is 4.39 Å². The van der Waals surface area contributed by atoms with Crippen LogP contribution in [0.1, 0.15) is 41.7 Å². The van der Waals surface area contributed by atoms with Gasteiger partial charge in [0.1, 0.15) is 5.67 Å². The van der Waals surface area contributed by atoms with Gasteiger partial charge in [-0.1, -0.05) is 30.3 Å². The molecule has 1 aromatic heterocycles. The fourth-order valence-electron chi connectivity index (χ4n) is 3.33. The van der Waals surface area contributed by atoms with Crippen LogP contribution in [0.2, 0.25) is 0 Å². The minimum atomic E-state index is -1.57. The number of aromatic nitrogens is 1. The molecule has 3 amide bonds. The van der Waals surface area contributed by atoms with Crippen molar-refractivity contribution in [3.8, 4) is 0 Å². The van der Waals surface area contributed by atoms with Crippen molar-refractivity contribution < 1.29 is 18.8 Å². The Bertz CT molecular complexity index is 901. The number of rotatable bonds is 3. The van der Waals surface area contributed by atoms with Crippen molar-refractivity contribution in [3.05, 3.63) is 59.9 Å². The predicted octanol–water partition coefficient (Wildman–Crippen LogP) is 2.21. The van der Waals surface area contributed by atoms with Gasteiger partial charge in [0.05, 0.1) is 30.0 Å². The van der Waals surface area contributed by atoms with E-state index >= 15 is 0 Å². The first-order chi connectivity index (χ1) is 13.3. The van der Waals surface area contributed by atoms with E-state index in [1.165, 1.54) is 30.3 Å². The van der Waals surface area contributed by atoms with Crippen molar-refractivity contribution in [1.82, 2.24) is 9.88 Å². The first-order valence-corrected chi connectivity index (χ1v) is 8.87. The summed E-state index contributed by atoms with van der Waals surface area (Å²) in [4.78, 5) is 41.7. The largest absolute Gasteiger partial charge is 0.366 e. The molecule has 146 valence electrons. The number of pyridine rings is 1. The van der Waals surface area contributed by atoms with Crippen LogP contribution in [-0.2, 0) is 9.59 Å². The number of amides is 3. The Kier molecular flexibility index (Phi) is 5.39. The lowest BCUT2D eigenvalue weighted by Crippen LogP contribution is -2.51. The number of likely N-dealkylation sites (tertiary alicyclic amines) is 1. The fourth-order valence-corrected chi connectivity index (χ4v) is 3.33. The van der Waals surface area contributed by atoms with Crippen molar-refractivity contribution >= 4 is 23.4 Å². The highest BCUT2D eigenvalue weighted by Gasteiger charge is 2.41. The molecule has 2 atom stereocenters. The summed E-state index contributed by atoms with van der Waals surface area (Å²) in [6.45, 7) is 1.24. The van der Waals surface area contributed by atoms with Crippen LogP contribution in [0.3, 0.4) is 0 Å². The fraction of sp³-hybridized carbons (Fsp3) is 0.300. The molecule has 0 saturated carbocycles. The van der Waals surface area contributed by atoms with Crippen molar-refractivity contribution in [2.45, 2.75) is 31.5 Å². The maximum atomic E-state index is 14.6. The average molecular weight is 384 g/mol. The summed E-state index contributed by atoms with van der Waals surface area (Å²) >= 11 is 0. The van der Waals surface area contributed by atoms with E-state index in [1.54, 1.807) is 0 Å². The van der Waals surface area contributed by atoms with Crippen molar-refractivity contribution in [2.75, 3.05) is 11.9 Å². The van der Waals surface area contributed by atoms with Gasteiger partial charge in [0.15, 0.2) is 0 Å². The molecular formula is C20H21FN4O3. The number of hydrogen-bond donors (Lipinski definition) is 2. The average Bonchev–Trinajstić information content (AvgIpc) is 2.67. The Morgan fingerprint density at radius 3 is 2.64 bits per heavy atom. The summed E-state index contributed by atoms with van der Waals surface area (Å²) in [5, 5.41) is 2.41. The van der Waals surface area contributed by atoms with Crippen molar-refractivity contribution in [3.63, 3.8) is 0 Å². The van der Waals surface area contributed by atoms with Crippen molar-refractivity contribution in [1.29, 1.82) is 0 Å². The number of alkyl halides is 1. The second kappa shape index (κ2) is 7.75. The van der Waals surface area contributed by atoms with Crippen LogP contribution in [0.25, 0.3) is 0 Å². The third-order valence-corrected chi connectivity index (χ3v) is 4.74.